The fourth-order valence-electron chi connectivity index (χ4n) is 2.12. The van der Waals surface area contributed by atoms with Crippen molar-refractivity contribution in [2.75, 3.05) is 50.5 Å². The maximum Gasteiger partial charge on any atom is 0.170 e. The normalized spacial score (nSPS) is 10.5. The van der Waals surface area contributed by atoms with Crippen molar-refractivity contribution < 1.29 is 0 Å². The van der Waals surface area contributed by atoms with Gasteiger partial charge in [0.2, 0.25) is 0 Å². The second-order valence-electron chi connectivity index (χ2n) is 5.26. The molecule has 0 amide bonds. The van der Waals surface area contributed by atoms with Crippen LogP contribution < -0.4 is 15.5 Å². The van der Waals surface area contributed by atoms with Gasteiger partial charge in [-0.3, -0.25) is 0 Å². The van der Waals surface area contributed by atoms with Gasteiger partial charge in [-0.05, 0) is 77.4 Å². The van der Waals surface area contributed by atoms with E-state index in [1.807, 2.05) is 0 Å². The average molecular weight is 308 g/mol. The Kier molecular flexibility index (Phi) is 8.08. The third-order valence-electron chi connectivity index (χ3n) is 3.32. The van der Waals surface area contributed by atoms with Crippen LogP contribution >= 0.6 is 12.2 Å². The van der Waals surface area contributed by atoms with Gasteiger partial charge in [0, 0.05) is 31.0 Å². The molecule has 0 saturated heterocycles. The molecular formula is C16H28N4S. The van der Waals surface area contributed by atoms with Crippen LogP contribution in [0.2, 0.25) is 0 Å². The maximum atomic E-state index is 5.30. The quantitative estimate of drug-likeness (QED) is 0.570. The van der Waals surface area contributed by atoms with E-state index >= 15 is 0 Å². The summed E-state index contributed by atoms with van der Waals surface area (Å²) in [6.07, 6.45) is 1.08. The van der Waals surface area contributed by atoms with Gasteiger partial charge >= 0.3 is 0 Å². The fourth-order valence-corrected chi connectivity index (χ4v) is 2.34. The zero-order chi connectivity index (χ0) is 15.7. The molecule has 0 heterocycles. The molecule has 2 N–H and O–H groups in total. The highest BCUT2D eigenvalue weighted by atomic mass is 32.1. The van der Waals surface area contributed by atoms with Gasteiger partial charge in [-0.15, -0.1) is 0 Å². The van der Waals surface area contributed by atoms with Crippen LogP contribution in [0, 0.1) is 0 Å². The van der Waals surface area contributed by atoms with Crippen molar-refractivity contribution in [2.24, 2.45) is 0 Å². The van der Waals surface area contributed by atoms with E-state index in [1.54, 1.807) is 0 Å². The third kappa shape index (κ3) is 6.78. The minimum Gasteiger partial charge on any atom is -0.372 e. The van der Waals surface area contributed by atoms with Crippen LogP contribution in [0.25, 0.3) is 0 Å². The van der Waals surface area contributed by atoms with Gasteiger partial charge in [-0.1, -0.05) is 0 Å². The predicted molar refractivity (Wildman–Crippen MR) is 97.4 cm³/mol. The molecule has 5 heteroatoms. The van der Waals surface area contributed by atoms with E-state index in [2.05, 4.69) is 72.6 Å². The number of nitrogens with zero attached hydrogens (tertiary/aromatic N) is 2. The highest BCUT2D eigenvalue weighted by Crippen LogP contribution is 2.17. The number of nitrogens with one attached hydrogen (secondary N) is 2. The molecule has 0 unspecified atom stereocenters. The topological polar surface area (TPSA) is 30.5 Å². The van der Waals surface area contributed by atoms with E-state index in [0.29, 0.717) is 5.11 Å². The molecule has 0 fully saturated rings. The smallest absolute Gasteiger partial charge is 0.170 e. The van der Waals surface area contributed by atoms with E-state index in [-0.39, 0.29) is 0 Å². The third-order valence-corrected chi connectivity index (χ3v) is 3.57. The molecular weight excluding hydrogens is 280 g/mol. The van der Waals surface area contributed by atoms with Crippen LogP contribution in [0.5, 0.6) is 0 Å². The zero-order valence-corrected chi connectivity index (χ0v) is 14.5. The van der Waals surface area contributed by atoms with E-state index < -0.39 is 0 Å². The highest BCUT2D eigenvalue weighted by molar-refractivity contribution is 7.80. The standard InChI is InChI=1S/C16H28N4S/c1-5-20(6-2)15-10-8-14(9-11-15)18-16(21)17-12-7-13-19(3)4/h8-11H,5-7,12-13H2,1-4H3,(H2,17,18,21). The Morgan fingerprint density at radius 1 is 1.10 bits per heavy atom. The molecule has 0 radical (unpaired) electrons. The number of hydrogen-bond donors (Lipinski definition) is 2. The molecule has 0 bridgehead atoms. The monoisotopic (exact) mass is 308 g/mol. The molecule has 1 rings (SSSR count). The lowest BCUT2D eigenvalue weighted by atomic mass is 10.2. The number of hydrogen-bond acceptors (Lipinski definition) is 3. The number of anilines is 2. The van der Waals surface area contributed by atoms with E-state index in [9.17, 15) is 0 Å². The van der Waals surface area contributed by atoms with Crippen molar-refractivity contribution in [3.63, 3.8) is 0 Å². The van der Waals surface area contributed by atoms with Crippen molar-refractivity contribution in [2.45, 2.75) is 20.3 Å². The summed E-state index contributed by atoms with van der Waals surface area (Å²) < 4.78 is 0. The predicted octanol–water partition coefficient (Wildman–Crippen LogP) is 2.77. The van der Waals surface area contributed by atoms with Gasteiger partial charge in [0.15, 0.2) is 5.11 Å². The summed E-state index contributed by atoms with van der Waals surface area (Å²) in [5.74, 6) is 0. The van der Waals surface area contributed by atoms with Crippen LogP contribution in [0.1, 0.15) is 20.3 Å². The zero-order valence-electron chi connectivity index (χ0n) is 13.6. The molecule has 0 saturated carbocycles. The summed E-state index contributed by atoms with van der Waals surface area (Å²) in [6.45, 7) is 8.34. The van der Waals surface area contributed by atoms with Gasteiger partial charge in [0.05, 0.1) is 0 Å². The summed E-state index contributed by atoms with van der Waals surface area (Å²) in [6, 6.07) is 8.40. The molecule has 0 aliphatic rings. The van der Waals surface area contributed by atoms with E-state index in [0.717, 1.165) is 38.3 Å². The molecule has 21 heavy (non-hydrogen) atoms. The number of thiocarbonyl (C=S) groups is 1. The van der Waals surface area contributed by atoms with Gasteiger partial charge in [0.1, 0.15) is 0 Å². The lowest BCUT2D eigenvalue weighted by Gasteiger charge is -2.21. The van der Waals surface area contributed by atoms with Crippen molar-refractivity contribution >= 4 is 28.7 Å². The summed E-state index contributed by atoms with van der Waals surface area (Å²) in [7, 11) is 4.15. The van der Waals surface area contributed by atoms with Gasteiger partial charge in [0.25, 0.3) is 0 Å². The average Bonchev–Trinajstić information content (AvgIpc) is 2.46. The Morgan fingerprint density at radius 2 is 1.71 bits per heavy atom. The van der Waals surface area contributed by atoms with Crippen molar-refractivity contribution in [1.29, 1.82) is 0 Å². The molecule has 118 valence electrons. The fraction of sp³-hybridized carbons (Fsp3) is 0.562. The first-order valence-corrected chi connectivity index (χ1v) is 8.02. The van der Waals surface area contributed by atoms with E-state index in [1.165, 1.54) is 5.69 Å². The second-order valence-corrected chi connectivity index (χ2v) is 5.67. The number of benzene rings is 1. The van der Waals surface area contributed by atoms with Gasteiger partial charge in [-0.25, -0.2) is 0 Å². The van der Waals surface area contributed by atoms with Gasteiger partial charge < -0.3 is 20.4 Å². The first-order chi connectivity index (χ1) is 10.1. The first-order valence-electron chi connectivity index (χ1n) is 7.61. The largest absolute Gasteiger partial charge is 0.372 e. The summed E-state index contributed by atoms with van der Waals surface area (Å²) in [5.41, 5.74) is 2.27. The van der Waals surface area contributed by atoms with Crippen LogP contribution in [0.3, 0.4) is 0 Å². The van der Waals surface area contributed by atoms with Crippen molar-refractivity contribution in [3.8, 4) is 0 Å². The van der Waals surface area contributed by atoms with Crippen molar-refractivity contribution in [3.05, 3.63) is 24.3 Å². The summed E-state index contributed by atoms with van der Waals surface area (Å²) in [5, 5.41) is 7.13. The Labute approximate surface area is 134 Å². The maximum absolute atomic E-state index is 5.30. The summed E-state index contributed by atoms with van der Waals surface area (Å²) in [4.78, 5) is 4.49. The van der Waals surface area contributed by atoms with Gasteiger partial charge in [-0.2, -0.15) is 0 Å². The van der Waals surface area contributed by atoms with Crippen LogP contribution in [0.4, 0.5) is 11.4 Å². The molecule has 1 aromatic carbocycles. The molecule has 0 aliphatic heterocycles. The van der Waals surface area contributed by atoms with Crippen LogP contribution in [-0.4, -0.2) is 50.3 Å². The molecule has 1 aromatic rings. The minimum absolute atomic E-state index is 0.685. The van der Waals surface area contributed by atoms with E-state index in [4.69, 9.17) is 12.2 Å². The molecule has 0 aliphatic carbocycles. The molecule has 0 spiro atoms. The lowest BCUT2D eigenvalue weighted by molar-refractivity contribution is 0.400. The Morgan fingerprint density at radius 3 is 2.24 bits per heavy atom. The lowest BCUT2D eigenvalue weighted by Crippen LogP contribution is -2.30. The first kappa shape index (κ1) is 17.7. The number of rotatable bonds is 8. The molecule has 0 aromatic heterocycles. The van der Waals surface area contributed by atoms with Crippen molar-refractivity contribution in [1.82, 2.24) is 10.2 Å². The molecule has 4 nitrogen and oxygen atoms in total. The SMILES string of the molecule is CCN(CC)c1ccc(NC(=S)NCCCN(C)C)cc1. The van der Waals surface area contributed by atoms with Crippen LogP contribution in [-0.2, 0) is 0 Å². The Balaban J connectivity index is 2.39. The summed E-state index contributed by atoms with van der Waals surface area (Å²) >= 11 is 5.30. The Bertz CT molecular complexity index is 413. The highest BCUT2D eigenvalue weighted by Gasteiger charge is 2.02. The Hall–Kier alpha value is -1.33. The molecule has 0 atom stereocenters. The minimum atomic E-state index is 0.685. The second kappa shape index (κ2) is 9.58. The van der Waals surface area contributed by atoms with Crippen LogP contribution in [0.15, 0.2) is 24.3 Å².